The van der Waals surface area contributed by atoms with Gasteiger partial charge in [-0.2, -0.15) is 0 Å². The zero-order valence-electron chi connectivity index (χ0n) is 10.4. The van der Waals surface area contributed by atoms with E-state index in [4.69, 9.17) is 4.74 Å². The summed E-state index contributed by atoms with van der Waals surface area (Å²) in [6, 6.07) is 4.66. The van der Waals surface area contributed by atoms with E-state index in [1.165, 1.54) is 6.07 Å². The van der Waals surface area contributed by atoms with Crippen molar-refractivity contribution in [3.63, 3.8) is 0 Å². The molecular formula is C13H15FO4. The third-order valence-electron chi connectivity index (χ3n) is 2.19. The van der Waals surface area contributed by atoms with Crippen LogP contribution in [0.4, 0.5) is 4.39 Å². The smallest absolute Gasteiger partial charge is 0.313 e. The Kier molecular flexibility index (Phi) is 5.30. The molecule has 18 heavy (non-hydrogen) atoms. The van der Waals surface area contributed by atoms with Crippen LogP contribution in [0.25, 0.3) is 0 Å². The minimum absolute atomic E-state index is 0.00667. The van der Waals surface area contributed by atoms with Crippen molar-refractivity contribution in [1.82, 2.24) is 0 Å². The molecule has 4 nitrogen and oxygen atoms in total. The van der Waals surface area contributed by atoms with Crippen LogP contribution < -0.4 is 4.74 Å². The standard InChI is InChI=1S/C13H15FO4/c1-3-17-12(16)7-10(15)8-18-11-6-4-5-9(2)13(11)14/h4-6H,3,7-8H2,1-2H3. The van der Waals surface area contributed by atoms with E-state index in [0.717, 1.165) is 0 Å². The van der Waals surface area contributed by atoms with Crippen LogP contribution in [-0.2, 0) is 14.3 Å². The monoisotopic (exact) mass is 254 g/mol. The molecule has 0 saturated carbocycles. The maximum Gasteiger partial charge on any atom is 0.313 e. The van der Waals surface area contributed by atoms with Gasteiger partial charge in [0.15, 0.2) is 17.3 Å². The summed E-state index contributed by atoms with van der Waals surface area (Å²) in [5.74, 6) is -1.54. The first-order valence-corrected chi connectivity index (χ1v) is 5.59. The van der Waals surface area contributed by atoms with Crippen LogP contribution in [0, 0.1) is 12.7 Å². The van der Waals surface area contributed by atoms with Crippen LogP contribution in [0.1, 0.15) is 18.9 Å². The molecular weight excluding hydrogens is 239 g/mol. The number of hydrogen-bond acceptors (Lipinski definition) is 4. The highest BCUT2D eigenvalue weighted by atomic mass is 19.1. The Bertz CT molecular complexity index is 443. The van der Waals surface area contributed by atoms with Gasteiger partial charge in [-0.15, -0.1) is 0 Å². The lowest BCUT2D eigenvalue weighted by atomic mass is 10.2. The first-order chi connectivity index (χ1) is 8.54. The van der Waals surface area contributed by atoms with Gasteiger partial charge in [0.05, 0.1) is 6.61 Å². The van der Waals surface area contributed by atoms with Gasteiger partial charge < -0.3 is 9.47 Å². The third-order valence-corrected chi connectivity index (χ3v) is 2.19. The fraction of sp³-hybridized carbons (Fsp3) is 0.385. The van der Waals surface area contributed by atoms with Gasteiger partial charge in [-0.05, 0) is 25.5 Å². The van der Waals surface area contributed by atoms with E-state index in [2.05, 4.69) is 4.74 Å². The number of carbonyl (C=O) groups excluding carboxylic acids is 2. The van der Waals surface area contributed by atoms with Crippen LogP contribution in [0.15, 0.2) is 18.2 Å². The van der Waals surface area contributed by atoms with Gasteiger partial charge in [0.2, 0.25) is 0 Å². The van der Waals surface area contributed by atoms with Gasteiger partial charge >= 0.3 is 5.97 Å². The number of hydrogen-bond donors (Lipinski definition) is 0. The average molecular weight is 254 g/mol. The molecule has 0 aromatic heterocycles. The number of esters is 1. The zero-order valence-corrected chi connectivity index (χ0v) is 10.4. The first-order valence-electron chi connectivity index (χ1n) is 5.59. The lowest BCUT2D eigenvalue weighted by molar-refractivity contribution is -0.145. The van der Waals surface area contributed by atoms with Crippen molar-refractivity contribution < 1.29 is 23.5 Å². The molecule has 0 amide bonds. The second kappa shape index (κ2) is 6.74. The number of rotatable bonds is 6. The lowest BCUT2D eigenvalue weighted by Gasteiger charge is -2.07. The molecule has 0 unspecified atom stereocenters. The molecule has 0 aliphatic carbocycles. The van der Waals surface area contributed by atoms with E-state index >= 15 is 0 Å². The quantitative estimate of drug-likeness (QED) is 0.575. The Morgan fingerprint density at radius 2 is 2.06 bits per heavy atom. The van der Waals surface area contributed by atoms with Crippen molar-refractivity contribution in [2.75, 3.05) is 13.2 Å². The largest absolute Gasteiger partial charge is 0.483 e. The summed E-state index contributed by atoms with van der Waals surface area (Å²) in [7, 11) is 0. The first kappa shape index (κ1) is 14.2. The molecule has 0 bridgehead atoms. The summed E-state index contributed by atoms with van der Waals surface area (Å²) in [5.41, 5.74) is 0.436. The Balaban J connectivity index is 2.48. The van der Waals surface area contributed by atoms with E-state index in [9.17, 15) is 14.0 Å². The molecule has 0 radical (unpaired) electrons. The Hall–Kier alpha value is -1.91. The maximum absolute atomic E-state index is 13.5. The average Bonchev–Trinajstić information content (AvgIpc) is 2.31. The zero-order chi connectivity index (χ0) is 13.5. The highest BCUT2D eigenvalue weighted by Gasteiger charge is 2.12. The number of aryl methyl sites for hydroxylation is 1. The van der Waals surface area contributed by atoms with Gasteiger partial charge in [-0.1, -0.05) is 12.1 Å². The van der Waals surface area contributed by atoms with E-state index in [1.54, 1.807) is 26.0 Å². The van der Waals surface area contributed by atoms with Crippen molar-refractivity contribution in [3.8, 4) is 5.75 Å². The summed E-state index contributed by atoms with van der Waals surface area (Å²) in [4.78, 5) is 22.4. The van der Waals surface area contributed by atoms with Crippen molar-refractivity contribution in [3.05, 3.63) is 29.6 Å². The predicted octanol–water partition coefficient (Wildman–Crippen LogP) is 2.04. The molecule has 1 aromatic carbocycles. The van der Waals surface area contributed by atoms with Crippen molar-refractivity contribution in [2.24, 2.45) is 0 Å². The molecule has 0 aliphatic rings. The number of carbonyl (C=O) groups is 2. The Morgan fingerprint density at radius 3 is 2.72 bits per heavy atom. The minimum Gasteiger partial charge on any atom is -0.483 e. The molecule has 0 heterocycles. The molecule has 0 N–H and O–H groups in total. The molecule has 0 fully saturated rings. The number of benzene rings is 1. The second-order valence-electron chi connectivity index (χ2n) is 3.70. The number of halogens is 1. The van der Waals surface area contributed by atoms with E-state index in [0.29, 0.717) is 5.56 Å². The van der Waals surface area contributed by atoms with Crippen LogP contribution >= 0.6 is 0 Å². The molecule has 0 atom stereocenters. The lowest BCUT2D eigenvalue weighted by Crippen LogP contribution is -2.17. The van der Waals surface area contributed by atoms with Gasteiger partial charge in [0.1, 0.15) is 13.0 Å². The SMILES string of the molecule is CCOC(=O)CC(=O)COc1cccc(C)c1F. The molecule has 98 valence electrons. The van der Waals surface area contributed by atoms with Crippen LogP contribution in [0.2, 0.25) is 0 Å². The van der Waals surface area contributed by atoms with Gasteiger partial charge in [-0.25, -0.2) is 4.39 Å². The number of Topliss-reactive ketones (excluding diaryl/α,β-unsaturated/α-hetero) is 1. The van der Waals surface area contributed by atoms with Crippen molar-refractivity contribution >= 4 is 11.8 Å². The predicted molar refractivity (Wildman–Crippen MR) is 62.9 cm³/mol. The van der Waals surface area contributed by atoms with E-state index < -0.39 is 17.6 Å². The third kappa shape index (κ3) is 4.16. The fourth-order valence-electron chi connectivity index (χ4n) is 1.31. The Labute approximate surface area is 105 Å². The summed E-state index contributed by atoms with van der Waals surface area (Å²) >= 11 is 0. The van der Waals surface area contributed by atoms with Crippen molar-refractivity contribution in [2.45, 2.75) is 20.3 Å². The van der Waals surface area contributed by atoms with Gasteiger partial charge in [0, 0.05) is 0 Å². The minimum atomic E-state index is -0.601. The summed E-state index contributed by atoms with van der Waals surface area (Å²) in [6.07, 6.45) is -0.360. The molecule has 1 aromatic rings. The number of ketones is 1. The molecule has 0 aliphatic heterocycles. The fourth-order valence-corrected chi connectivity index (χ4v) is 1.31. The summed E-state index contributed by atoms with van der Waals surface area (Å²) in [6.45, 7) is 3.13. The van der Waals surface area contributed by atoms with Crippen LogP contribution in [-0.4, -0.2) is 25.0 Å². The highest BCUT2D eigenvalue weighted by molar-refractivity contribution is 5.96. The van der Waals surface area contributed by atoms with Crippen molar-refractivity contribution in [1.29, 1.82) is 0 Å². The topological polar surface area (TPSA) is 52.6 Å². The van der Waals surface area contributed by atoms with Crippen LogP contribution in [0.5, 0.6) is 5.75 Å². The summed E-state index contributed by atoms with van der Waals surface area (Å²) < 4.78 is 23.2. The summed E-state index contributed by atoms with van der Waals surface area (Å²) in [5, 5.41) is 0. The van der Waals surface area contributed by atoms with Crippen LogP contribution in [0.3, 0.4) is 0 Å². The molecule has 0 saturated heterocycles. The molecule has 1 rings (SSSR count). The maximum atomic E-state index is 13.5. The van der Waals surface area contributed by atoms with E-state index in [-0.39, 0.29) is 25.4 Å². The van der Waals surface area contributed by atoms with Gasteiger partial charge in [0.25, 0.3) is 0 Å². The van der Waals surface area contributed by atoms with E-state index in [1.807, 2.05) is 0 Å². The van der Waals surface area contributed by atoms with Gasteiger partial charge in [-0.3, -0.25) is 9.59 Å². The molecule has 0 spiro atoms. The number of ether oxygens (including phenoxy) is 2. The highest BCUT2D eigenvalue weighted by Crippen LogP contribution is 2.19. The molecule has 5 heteroatoms. The Morgan fingerprint density at radius 1 is 1.33 bits per heavy atom. The second-order valence-corrected chi connectivity index (χ2v) is 3.70. The normalized spacial score (nSPS) is 9.94.